The first-order valence-electron chi connectivity index (χ1n) is 9.26. The van der Waals surface area contributed by atoms with Gasteiger partial charge in [0.25, 0.3) is 0 Å². The zero-order valence-corrected chi connectivity index (χ0v) is 15.4. The summed E-state index contributed by atoms with van der Waals surface area (Å²) in [5.74, 6) is 1.00. The molecule has 0 bridgehead atoms. The van der Waals surface area contributed by atoms with Gasteiger partial charge >= 0.3 is 0 Å². The molecule has 0 atom stereocenters. The number of anilines is 1. The number of nitrogens with one attached hydrogen (secondary N) is 1. The molecule has 25 heavy (non-hydrogen) atoms. The van der Waals surface area contributed by atoms with Crippen molar-refractivity contribution >= 4 is 11.6 Å². The van der Waals surface area contributed by atoms with Gasteiger partial charge in [0.05, 0.1) is 6.61 Å². The SMILES string of the molecule is CCc1ccccc1OCCCCCCc1ccc(NC(C)=O)cc1. The van der Waals surface area contributed by atoms with Crippen LogP contribution in [0.1, 0.15) is 50.7 Å². The molecule has 2 aromatic carbocycles. The second-order valence-corrected chi connectivity index (χ2v) is 6.35. The molecule has 0 unspecified atom stereocenters. The molecule has 0 aliphatic rings. The predicted molar refractivity (Wildman–Crippen MR) is 104 cm³/mol. The maximum Gasteiger partial charge on any atom is 0.221 e. The molecule has 0 aromatic heterocycles. The van der Waals surface area contributed by atoms with Gasteiger partial charge in [0, 0.05) is 12.6 Å². The van der Waals surface area contributed by atoms with Gasteiger partial charge in [-0.2, -0.15) is 0 Å². The molecule has 1 N–H and O–H groups in total. The van der Waals surface area contributed by atoms with Crippen LogP contribution in [0.3, 0.4) is 0 Å². The summed E-state index contributed by atoms with van der Waals surface area (Å²) in [6.45, 7) is 4.48. The maximum absolute atomic E-state index is 11.0. The summed E-state index contributed by atoms with van der Waals surface area (Å²) >= 11 is 0. The Balaban J connectivity index is 1.58. The van der Waals surface area contributed by atoms with Gasteiger partial charge in [0.15, 0.2) is 0 Å². The lowest BCUT2D eigenvalue weighted by Gasteiger charge is -2.10. The van der Waals surface area contributed by atoms with Crippen LogP contribution in [-0.4, -0.2) is 12.5 Å². The average Bonchev–Trinajstić information content (AvgIpc) is 2.62. The number of benzene rings is 2. The van der Waals surface area contributed by atoms with Gasteiger partial charge in [-0.25, -0.2) is 0 Å². The van der Waals surface area contributed by atoms with E-state index in [4.69, 9.17) is 4.74 Å². The number of ether oxygens (including phenoxy) is 1. The number of hydrogen-bond donors (Lipinski definition) is 1. The van der Waals surface area contributed by atoms with Crippen LogP contribution in [-0.2, 0) is 17.6 Å². The summed E-state index contributed by atoms with van der Waals surface area (Å²) in [7, 11) is 0. The lowest BCUT2D eigenvalue weighted by atomic mass is 10.1. The van der Waals surface area contributed by atoms with Gasteiger partial charge in [0.1, 0.15) is 5.75 Å². The van der Waals surface area contributed by atoms with E-state index in [0.717, 1.165) is 37.3 Å². The number of para-hydroxylation sites is 1. The standard InChI is InChI=1S/C22H29NO2/c1-3-20-11-7-8-12-22(20)25-17-9-5-4-6-10-19-13-15-21(16-14-19)23-18(2)24/h7-8,11-16H,3-6,9-10,17H2,1-2H3,(H,23,24). The molecular formula is C22H29NO2. The van der Waals surface area contributed by atoms with Crippen molar-refractivity contribution in [2.45, 2.75) is 52.4 Å². The van der Waals surface area contributed by atoms with Crippen molar-refractivity contribution < 1.29 is 9.53 Å². The number of carbonyl (C=O) groups is 1. The number of carbonyl (C=O) groups excluding carboxylic acids is 1. The van der Waals surface area contributed by atoms with Crippen molar-refractivity contribution in [2.75, 3.05) is 11.9 Å². The van der Waals surface area contributed by atoms with E-state index < -0.39 is 0 Å². The fourth-order valence-corrected chi connectivity index (χ4v) is 2.86. The van der Waals surface area contributed by atoms with Crippen molar-refractivity contribution in [2.24, 2.45) is 0 Å². The fraction of sp³-hybridized carbons (Fsp3) is 0.409. The molecule has 0 aliphatic heterocycles. The van der Waals surface area contributed by atoms with Crippen LogP contribution in [0.15, 0.2) is 48.5 Å². The summed E-state index contributed by atoms with van der Waals surface area (Å²) in [5, 5.41) is 2.79. The summed E-state index contributed by atoms with van der Waals surface area (Å²) < 4.78 is 5.90. The van der Waals surface area contributed by atoms with E-state index in [2.05, 4.69) is 42.6 Å². The normalized spacial score (nSPS) is 10.5. The van der Waals surface area contributed by atoms with E-state index in [-0.39, 0.29) is 5.91 Å². The van der Waals surface area contributed by atoms with Gasteiger partial charge in [-0.3, -0.25) is 4.79 Å². The highest BCUT2D eigenvalue weighted by Crippen LogP contribution is 2.19. The summed E-state index contributed by atoms with van der Waals surface area (Å²) in [5.41, 5.74) is 3.47. The third-order valence-corrected chi connectivity index (χ3v) is 4.25. The quantitative estimate of drug-likeness (QED) is 0.589. The van der Waals surface area contributed by atoms with Crippen LogP contribution in [0.2, 0.25) is 0 Å². The molecule has 0 heterocycles. The molecule has 134 valence electrons. The Bertz CT molecular complexity index is 649. The van der Waals surface area contributed by atoms with Crippen LogP contribution in [0, 0.1) is 0 Å². The first kappa shape index (κ1) is 19.0. The monoisotopic (exact) mass is 339 g/mol. The zero-order valence-electron chi connectivity index (χ0n) is 15.4. The van der Waals surface area contributed by atoms with Crippen LogP contribution in [0.25, 0.3) is 0 Å². The molecular weight excluding hydrogens is 310 g/mol. The maximum atomic E-state index is 11.0. The summed E-state index contributed by atoms with van der Waals surface area (Å²) in [6.07, 6.45) is 6.78. The van der Waals surface area contributed by atoms with Gasteiger partial charge in [-0.15, -0.1) is 0 Å². The van der Waals surface area contributed by atoms with Crippen molar-refractivity contribution in [1.29, 1.82) is 0 Å². The van der Waals surface area contributed by atoms with E-state index in [1.54, 1.807) is 0 Å². The van der Waals surface area contributed by atoms with Crippen molar-refractivity contribution in [3.05, 3.63) is 59.7 Å². The lowest BCUT2D eigenvalue weighted by molar-refractivity contribution is -0.114. The number of aryl methyl sites for hydroxylation is 2. The highest BCUT2D eigenvalue weighted by atomic mass is 16.5. The van der Waals surface area contributed by atoms with Crippen LogP contribution < -0.4 is 10.1 Å². The van der Waals surface area contributed by atoms with Gasteiger partial charge in [-0.05, 0) is 55.0 Å². The van der Waals surface area contributed by atoms with Crippen molar-refractivity contribution in [3.63, 3.8) is 0 Å². The molecule has 0 fully saturated rings. The molecule has 3 heteroatoms. The predicted octanol–water partition coefficient (Wildman–Crippen LogP) is 5.39. The van der Waals surface area contributed by atoms with Gasteiger partial charge in [-0.1, -0.05) is 50.1 Å². The molecule has 0 saturated heterocycles. The van der Waals surface area contributed by atoms with Gasteiger partial charge in [0.2, 0.25) is 5.91 Å². The van der Waals surface area contributed by atoms with E-state index in [1.807, 2.05) is 18.2 Å². The highest BCUT2D eigenvalue weighted by molar-refractivity contribution is 5.88. The first-order chi connectivity index (χ1) is 12.2. The number of unbranched alkanes of at least 4 members (excludes halogenated alkanes) is 3. The van der Waals surface area contributed by atoms with Crippen molar-refractivity contribution in [1.82, 2.24) is 0 Å². The topological polar surface area (TPSA) is 38.3 Å². The zero-order chi connectivity index (χ0) is 17.9. The highest BCUT2D eigenvalue weighted by Gasteiger charge is 2.01. The second-order valence-electron chi connectivity index (χ2n) is 6.35. The number of rotatable bonds is 10. The molecule has 2 aromatic rings. The number of amides is 1. The molecule has 0 radical (unpaired) electrons. The van der Waals surface area contributed by atoms with Crippen LogP contribution in [0.5, 0.6) is 5.75 Å². The molecule has 0 spiro atoms. The van der Waals surface area contributed by atoms with E-state index in [1.165, 1.54) is 37.3 Å². The first-order valence-corrected chi connectivity index (χ1v) is 9.26. The molecule has 0 aliphatic carbocycles. The Labute approximate surface area is 151 Å². The van der Waals surface area contributed by atoms with Crippen molar-refractivity contribution in [3.8, 4) is 5.75 Å². The average molecular weight is 339 g/mol. The molecule has 1 amide bonds. The van der Waals surface area contributed by atoms with E-state index >= 15 is 0 Å². The largest absolute Gasteiger partial charge is 0.493 e. The van der Waals surface area contributed by atoms with Crippen LogP contribution >= 0.6 is 0 Å². The van der Waals surface area contributed by atoms with Crippen LogP contribution in [0.4, 0.5) is 5.69 Å². The molecule has 0 saturated carbocycles. The second kappa shape index (κ2) is 10.5. The Morgan fingerprint density at radius 2 is 1.68 bits per heavy atom. The summed E-state index contributed by atoms with van der Waals surface area (Å²) in [6, 6.07) is 16.4. The van der Waals surface area contributed by atoms with E-state index in [9.17, 15) is 4.79 Å². The Hall–Kier alpha value is -2.29. The van der Waals surface area contributed by atoms with E-state index in [0.29, 0.717) is 0 Å². The fourth-order valence-electron chi connectivity index (χ4n) is 2.86. The Morgan fingerprint density at radius 1 is 0.960 bits per heavy atom. The summed E-state index contributed by atoms with van der Waals surface area (Å²) in [4.78, 5) is 11.0. The molecule has 3 nitrogen and oxygen atoms in total. The minimum atomic E-state index is -0.0310. The third kappa shape index (κ3) is 7.00. The van der Waals surface area contributed by atoms with Gasteiger partial charge < -0.3 is 10.1 Å². The Morgan fingerprint density at radius 3 is 2.40 bits per heavy atom. The molecule has 2 rings (SSSR count). The Kier molecular flexibility index (Phi) is 8.03. The third-order valence-electron chi connectivity index (χ3n) is 4.25. The smallest absolute Gasteiger partial charge is 0.221 e. The number of hydrogen-bond acceptors (Lipinski definition) is 2. The minimum Gasteiger partial charge on any atom is -0.493 e. The minimum absolute atomic E-state index is 0.0310. The lowest BCUT2D eigenvalue weighted by Crippen LogP contribution is -2.05.